The Hall–Kier alpha value is -4.09. The summed E-state index contributed by atoms with van der Waals surface area (Å²) in [6, 6.07) is 2.87. The molecule has 0 saturated carbocycles. The van der Waals surface area contributed by atoms with Gasteiger partial charge in [0.2, 0.25) is 5.82 Å². The molecule has 1 saturated heterocycles. The summed E-state index contributed by atoms with van der Waals surface area (Å²) in [5, 5.41) is 11.5. The van der Waals surface area contributed by atoms with E-state index in [0.29, 0.717) is 24.3 Å². The van der Waals surface area contributed by atoms with Crippen molar-refractivity contribution in [2.75, 3.05) is 13.1 Å². The molecule has 5 rings (SSSR count). The predicted molar refractivity (Wildman–Crippen MR) is 123 cm³/mol. The Kier molecular flexibility index (Phi) is 5.18. The van der Waals surface area contributed by atoms with Crippen molar-refractivity contribution in [1.82, 2.24) is 39.4 Å². The van der Waals surface area contributed by atoms with Gasteiger partial charge in [0.1, 0.15) is 5.60 Å². The predicted octanol–water partition coefficient (Wildman–Crippen LogP) is 2.54. The van der Waals surface area contributed by atoms with Crippen LogP contribution in [-0.4, -0.2) is 70.8 Å². The first kappa shape index (κ1) is 22.7. The van der Waals surface area contributed by atoms with Crippen molar-refractivity contribution in [2.45, 2.75) is 46.3 Å². The van der Waals surface area contributed by atoms with Gasteiger partial charge in [-0.1, -0.05) is 0 Å². The average molecular weight is 481 g/mol. The number of hydrogen-bond donors (Lipinski definition) is 1. The SMILES string of the molecule is Cc1cn2nc(-c3cc(F)c4nc(C(=O)NC5CN(C(=O)OC(C)(C)C)C5)nn4c3)cc(C)c2n1. The molecule has 1 aliphatic rings. The lowest BCUT2D eigenvalue weighted by Crippen LogP contribution is -2.61. The number of nitrogens with zero attached hydrogens (tertiary/aromatic N) is 7. The quantitative estimate of drug-likeness (QED) is 0.479. The van der Waals surface area contributed by atoms with Crippen LogP contribution in [0, 0.1) is 19.7 Å². The molecular formula is C23H25FN8O3. The number of rotatable bonds is 3. The van der Waals surface area contributed by atoms with Crippen molar-refractivity contribution in [3.05, 3.63) is 47.4 Å². The van der Waals surface area contributed by atoms with Crippen LogP contribution in [-0.2, 0) is 4.74 Å². The highest BCUT2D eigenvalue weighted by atomic mass is 19.1. The fourth-order valence-electron chi connectivity index (χ4n) is 3.86. The summed E-state index contributed by atoms with van der Waals surface area (Å²) < 4.78 is 23.1. The molecule has 4 aromatic heterocycles. The van der Waals surface area contributed by atoms with Crippen LogP contribution in [0.4, 0.5) is 9.18 Å². The maximum absolute atomic E-state index is 14.9. The molecular weight excluding hydrogens is 455 g/mol. The second kappa shape index (κ2) is 8.00. The summed E-state index contributed by atoms with van der Waals surface area (Å²) >= 11 is 0. The lowest BCUT2D eigenvalue weighted by molar-refractivity contribution is 0.00528. The molecule has 0 radical (unpaired) electrons. The van der Waals surface area contributed by atoms with E-state index in [4.69, 9.17) is 4.74 Å². The van der Waals surface area contributed by atoms with Crippen LogP contribution < -0.4 is 5.32 Å². The van der Waals surface area contributed by atoms with Crippen LogP contribution in [0.25, 0.3) is 22.6 Å². The molecule has 1 N–H and O–H groups in total. The van der Waals surface area contributed by atoms with Gasteiger partial charge in [-0.15, -0.1) is 5.10 Å². The molecule has 4 aromatic rings. The standard InChI is InChI=1S/C23H25FN8O3/c1-12-6-17(28-31-8-13(2)25-19(12)31)14-7-16(24)20-27-18(29-32(20)9-14)21(33)26-15-10-30(11-15)22(34)35-23(3,4)5/h6-9,15H,10-11H2,1-5H3,(H,26,33). The number of likely N-dealkylation sites (tertiary alicyclic amines) is 1. The molecule has 12 heteroatoms. The van der Waals surface area contributed by atoms with Gasteiger partial charge < -0.3 is 15.0 Å². The first-order chi connectivity index (χ1) is 16.5. The summed E-state index contributed by atoms with van der Waals surface area (Å²) in [6.07, 6.45) is 2.94. The van der Waals surface area contributed by atoms with E-state index in [1.807, 2.05) is 19.9 Å². The lowest BCUT2D eigenvalue weighted by atomic mass is 10.1. The summed E-state index contributed by atoms with van der Waals surface area (Å²) in [5.41, 5.74) is 2.80. The monoisotopic (exact) mass is 480 g/mol. The maximum Gasteiger partial charge on any atom is 0.410 e. The van der Waals surface area contributed by atoms with Gasteiger partial charge in [-0.2, -0.15) is 10.1 Å². The highest BCUT2D eigenvalue weighted by molar-refractivity contribution is 5.91. The number of nitrogens with one attached hydrogen (secondary N) is 1. The summed E-state index contributed by atoms with van der Waals surface area (Å²) in [6.45, 7) is 9.78. The number of carbonyl (C=O) groups is 2. The van der Waals surface area contributed by atoms with Gasteiger partial charge in [0, 0.05) is 24.8 Å². The summed E-state index contributed by atoms with van der Waals surface area (Å²) in [5.74, 6) is -1.34. The molecule has 1 aliphatic heterocycles. The van der Waals surface area contributed by atoms with Crippen LogP contribution in [0.1, 0.15) is 42.6 Å². The van der Waals surface area contributed by atoms with E-state index >= 15 is 0 Å². The minimum atomic E-state index is -0.629. The second-order valence-electron chi connectivity index (χ2n) is 9.70. The zero-order chi connectivity index (χ0) is 25.1. The normalized spacial score (nSPS) is 14.4. The third kappa shape index (κ3) is 4.38. The average Bonchev–Trinajstić information content (AvgIpc) is 3.32. The van der Waals surface area contributed by atoms with E-state index < -0.39 is 23.4 Å². The Morgan fingerprint density at radius 1 is 1.06 bits per heavy atom. The minimum Gasteiger partial charge on any atom is -0.444 e. The number of halogens is 1. The van der Waals surface area contributed by atoms with Gasteiger partial charge in [0.15, 0.2) is 17.1 Å². The van der Waals surface area contributed by atoms with Crippen molar-refractivity contribution in [2.24, 2.45) is 0 Å². The van der Waals surface area contributed by atoms with Gasteiger partial charge in [-0.25, -0.2) is 23.2 Å². The summed E-state index contributed by atoms with van der Waals surface area (Å²) in [7, 11) is 0. The zero-order valence-electron chi connectivity index (χ0n) is 20.0. The first-order valence-electron chi connectivity index (χ1n) is 11.2. The number of amides is 2. The molecule has 5 heterocycles. The number of ether oxygens (including phenoxy) is 1. The zero-order valence-corrected chi connectivity index (χ0v) is 20.0. The Balaban J connectivity index is 1.33. The van der Waals surface area contributed by atoms with Gasteiger partial charge in [0.25, 0.3) is 5.91 Å². The van der Waals surface area contributed by atoms with Gasteiger partial charge in [0.05, 0.1) is 23.6 Å². The Morgan fingerprint density at radius 3 is 2.49 bits per heavy atom. The first-order valence-corrected chi connectivity index (χ1v) is 11.2. The number of fused-ring (bicyclic) bond motifs is 2. The van der Waals surface area contributed by atoms with Crippen LogP contribution >= 0.6 is 0 Å². The fraction of sp³-hybridized carbons (Fsp3) is 0.391. The highest BCUT2D eigenvalue weighted by Gasteiger charge is 2.35. The number of imidazole rings is 1. The smallest absolute Gasteiger partial charge is 0.410 e. The number of aryl methyl sites for hydroxylation is 2. The molecule has 2 amide bonds. The molecule has 0 atom stereocenters. The Bertz CT molecular complexity index is 1480. The Morgan fingerprint density at radius 2 is 1.77 bits per heavy atom. The summed E-state index contributed by atoms with van der Waals surface area (Å²) in [4.78, 5) is 34.7. The van der Waals surface area contributed by atoms with Crippen molar-refractivity contribution >= 4 is 23.3 Å². The van der Waals surface area contributed by atoms with Crippen LogP contribution in [0.2, 0.25) is 0 Å². The second-order valence-corrected chi connectivity index (χ2v) is 9.70. The van der Waals surface area contributed by atoms with E-state index in [0.717, 1.165) is 16.9 Å². The molecule has 0 spiro atoms. The Labute approximate surface area is 199 Å². The lowest BCUT2D eigenvalue weighted by Gasteiger charge is -2.39. The number of hydrogen-bond acceptors (Lipinski definition) is 7. The van der Waals surface area contributed by atoms with Crippen molar-refractivity contribution in [1.29, 1.82) is 0 Å². The molecule has 11 nitrogen and oxygen atoms in total. The van der Waals surface area contributed by atoms with E-state index in [1.165, 1.54) is 15.5 Å². The number of pyridine rings is 1. The van der Waals surface area contributed by atoms with E-state index in [9.17, 15) is 14.0 Å². The van der Waals surface area contributed by atoms with Crippen LogP contribution in [0.5, 0.6) is 0 Å². The molecule has 35 heavy (non-hydrogen) atoms. The molecule has 182 valence electrons. The molecule has 0 unspecified atom stereocenters. The van der Waals surface area contributed by atoms with E-state index in [-0.39, 0.29) is 17.5 Å². The van der Waals surface area contributed by atoms with Gasteiger partial charge in [-0.3, -0.25) is 4.79 Å². The van der Waals surface area contributed by atoms with Gasteiger partial charge in [-0.05, 0) is 52.3 Å². The van der Waals surface area contributed by atoms with Crippen molar-refractivity contribution in [3.63, 3.8) is 0 Å². The fourth-order valence-corrected chi connectivity index (χ4v) is 3.86. The van der Waals surface area contributed by atoms with E-state index in [2.05, 4.69) is 25.5 Å². The minimum absolute atomic E-state index is 0.0702. The topological polar surface area (TPSA) is 119 Å². The number of aromatic nitrogens is 6. The van der Waals surface area contributed by atoms with Crippen molar-refractivity contribution in [3.8, 4) is 11.3 Å². The molecule has 0 aliphatic carbocycles. The molecule has 0 bridgehead atoms. The maximum atomic E-state index is 14.9. The van der Waals surface area contributed by atoms with Crippen molar-refractivity contribution < 1.29 is 18.7 Å². The molecule has 1 fully saturated rings. The third-order valence-electron chi connectivity index (χ3n) is 5.49. The molecule has 0 aromatic carbocycles. The highest BCUT2D eigenvalue weighted by Crippen LogP contribution is 2.23. The van der Waals surface area contributed by atoms with Crippen LogP contribution in [0.3, 0.4) is 0 Å². The van der Waals surface area contributed by atoms with Crippen LogP contribution in [0.15, 0.2) is 24.5 Å². The third-order valence-corrected chi connectivity index (χ3v) is 5.49. The number of carbonyl (C=O) groups excluding carboxylic acids is 2. The largest absolute Gasteiger partial charge is 0.444 e. The van der Waals surface area contributed by atoms with Gasteiger partial charge >= 0.3 is 6.09 Å². The van der Waals surface area contributed by atoms with E-state index in [1.54, 1.807) is 37.7 Å².